The van der Waals surface area contributed by atoms with Crippen molar-refractivity contribution < 1.29 is 9.18 Å². The fourth-order valence-corrected chi connectivity index (χ4v) is 3.52. The van der Waals surface area contributed by atoms with Crippen molar-refractivity contribution in [1.82, 2.24) is 10.3 Å². The Morgan fingerprint density at radius 1 is 1.16 bits per heavy atom. The number of nitrogens with zero attached hydrogens (tertiary/aromatic N) is 2. The predicted molar refractivity (Wildman–Crippen MR) is 93.9 cm³/mol. The standard InChI is InChI=1S/C19H15ClFN3O/c20-12-6-2-1-5-11(12)17-16-14(8-3-9-15(16)25)23-19(24-17)18-13(21)7-4-10-22-18/h1-2,4-7,10,17H,3,8-9H2,(H,23,24). The third kappa shape index (κ3) is 2.85. The molecule has 6 heteroatoms. The summed E-state index contributed by atoms with van der Waals surface area (Å²) in [5, 5.41) is 3.66. The molecule has 0 amide bonds. The number of halogens is 2. The molecule has 126 valence electrons. The molecule has 2 aliphatic rings. The summed E-state index contributed by atoms with van der Waals surface area (Å²) in [6.07, 6.45) is 3.49. The van der Waals surface area contributed by atoms with Crippen molar-refractivity contribution in [3.05, 3.63) is 76.0 Å². The number of hydrogen-bond acceptors (Lipinski definition) is 4. The highest BCUT2D eigenvalue weighted by atomic mass is 35.5. The van der Waals surface area contributed by atoms with Crippen LogP contribution in [0.1, 0.15) is 36.6 Å². The largest absolute Gasteiger partial charge is 0.342 e. The van der Waals surface area contributed by atoms with Crippen molar-refractivity contribution in [3.63, 3.8) is 0 Å². The minimum Gasteiger partial charge on any atom is -0.342 e. The Labute approximate surface area is 149 Å². The van der Waals surface area contributed by atoms with Gasteiger partial charge in [-0.3, -0.25) is 9.79 Å². The van der Waals surface area contributed by atoms with Crippen LogP contribution in [0.3, 0.4) is 0 Å². The van der Waals surface area contributed by atoms with Gasteiger partial charge in [-0.1, -0.05) is 29.8 Å². The first-order valence-electron chi connectivity index (χ1n) is 8.11. The molecule has 1 N–H and O–H groups in total. The SMILES string of the molecule is O=C1CCCC2=C1C(c1ccccc1Cl)N=C(c1ncccc1F)N2. The maximum absolute atomic E-state index is 14.2. The number of benzene rings is 1. The van der Waals surface area contributed by atoms with E-state index < -0.39 is 11.9 Å². The topological polar surface area (TPSA) is 54.4 Å². The Balaban J connectivity index is 1.88. The number of hydrogen-bond donors (Lipinski definition) is 1. The maximum Gasteiger partial charge on any atom is 0.163 e. The maximum atomic E-state index is 14.2. The normalized spacial score (nSPS) is 20.0. The first-order chi connectivity index (χ1) is 12.1. The van der Waals surface area contributed by atoms with Gasteiger partial charge in [0.05, 0.1) is 0 Å². The van der Waals surface area contributed by atoms with Crippen molar-refractivity contribution in [2.24, 2.45) is 4.99 Å². The molecule has 0 saturated carbocycles. The summed E-state index contributed by atoms with van der Waals surface area (Å²) in [5.74, 6) is -0.0720. The van der Waals surface area contributed by atoms with Gasteiger partial charge < -0.3 is 5.32 Å². The number of nitrogens with one attached hydrogen (secondary N) is 1. The lowest BCUT2D eigenvalue weighted by molar-refractivity contribution is -0.116. The van der Waals surface area contributed by atoms with Gasteiger partial charge in [0.25, 0.3) is 0 Å². The van der Waals surface area contributed by atoms with Crippen LogP contribution in [0, 0.1) is 5.82 Å². The van der Waals surface area contributed by atoms with Crippen LogP contribution in [0.2, 0.25) is 5.02 Å². The molecule has 1 aliphatic carbocycles. The van der Waals surface area contributed by atoms with Crippen molar-refractivity contribution in [2.45, 2.75) is 25.3 Å². The van der Waals surface area contributed by atoms with E-state index in [1.54, 1.807) is 6.07 Å². The van der Waals surface area contributed by atoms with Crippen LogP contribution in [0.5, 0.6) is 0 Å². The van der Waals surface area contributed by atoms with E-state index in [1.165, 1.54) is 18.3 Å². The highest BCUT2D eigenvalue weighted by Crippen LogP contribution is 2.39. The van der Waals surface area contributed by atoms with Gasteiger partial charge in [-0.05, 0) is 36.6 Å². The van der Waals surface area contributed by atoms with Gasteiger partial charge in [-0.2, -0.15) is 0 Å². The molecule has 1 aromatic carbocycles. The summed E-state index contributed by atoms with van der Waals surface area (Å²) in [4.78, 5) is 21.3. The molecule has 0 saturated heterocycles. The Morgan fingerprint density at radius 2 is 2.00 bits per heavy atom. The average molecular weight is 356 g/mol. The highest BCUT2D eigenvalue weighted by molar-refractivity contribution is 6.31. The third-order valence-corrected chi connectivity index (χ3v) is 4.78. The Kier molecular flexibility index (Phi) is 4.09. The predicted octanol–water partition coefficient (Wildman–Crippen LogP) is 3.97. The number of aromatic nitrogens is 1. The molecule has 2 aromatic rings. The van der Waals surface area contributed by atoms with Crippen LogP contribution in [0.15, 0.2) is 58.9 Å². The number of carbonyl (C=O) groups excluding carboxylic acids is 1. The summed E-state index contributed by atoms with van der Waals surface area (Å²) in [6.45, 7) is 0. The monoisotopic (exact) mass is 355 g/mol. The summed E-state index contributed by atoms with van der Waals surface area (Å²) in [5.41, 5.74) is 2.29. The second-order valence-electron chi connectivity index (χ2n) is 6.03. The lowest BCUT2D eigenvalue weighted by Gasteiger charge is -2.30. The van der Waals surface area contributed by atoms with Gasteiger partial charge in [0.15, 0.2) is 17.4 Å². The van der Waals surface area contributed by atoms with Gasteiger partial charge in [0.2, 0.25) is 0 Å². The molecule has 4 rings (SSSR count). The molecule has 4 nitrogen and oxygen atoms in total. The molecular formula is C19H15ClFN3O. The number of amidine groups is 1. The van der Waals surface area contributed by atoms with E-state index in [1.807, 2.05) is 18.2 Å². The van der Waals surface area contributed by atoms with Gasteiger partial charge >= 0.3 is 0 Å². The lowest BCUT2D eigenvalue weighted by atomic mass is 9.85. The molecule has 0 spiro atoms. The second-order valence-corrected chi connectivity index (χ2v) is 6.44. The van der Waals surface area contributed by atoms with E-state index in [4.69, 9.17) is 11.6 Å². The van der Waals surface area contributed by atoms with Gasteiger partial charge in [-0.15, -0.1) is 0 Å². The second kappa shape index (κ2) is 6.41. The fourth-order valence-electron chi connectivity index (χ4n) is 3.28. The quantitative estimate of drug-likeness (QED) is 0.886. The van der Waals surface area contributed by atoms with Gasteiger partial charge in [0.1, 0.15) is 11.7 Å². The first-order valence-corrected chi connectivity index (χ1v) is 8.49. The van der Waals surface area contributed by atoms with Crippen molar-refractivity contribution in [3.8, 4) is 0 Å². The fraction of sp³-hybridized carbons (Fsp3) is 0.211. The van der Waals surface area contributed by atoms with Crippen LogP contribution in [-0.2, 0) is 4.79 Å². The Morgan fingerprint density at radius 3 is 2.80 bits per heavy atom. The smallest absolute Gasteiger partial charge is 0.163 e. The zero-order valence-electron chi connectivity index (χ0n) is 13.3. The van der Waals surface area contributed by atoms with Crippen LogP contribution in [-0.4, -0.2) is 16.6 Å². The van der Waals surface area contributed by atoms with Crippen LogP contribution >= 0.6 is 11.6 Å². The molecule has 1 atom stereocenters. The van der Waals surface area contributed by atoms with Crippen LogP contribution in [0.4, 0.5) is 4.39 Å². The molecule has 1 aliphatic heterocycles. The van der Waals surface area contributed by atoms with Gasteiger partial charge in [-0.25, -0.2) is 9.37 Å². The minimum absolute atomic E-state index is 0.0583. The molecule has 1 unspecified atom stereocenters. The van der Waals surface area contributed by atoms with Gasteiger partial charge in [0, 0.05) is 28.9 Å². The first kappa shape index (κ1) is 16.0. The number of Topliss-reactive ketones (excluding diaryl/α,β-unsaturated/α-hetero) is 1. The summed E-state index contributed by atoms with van der Waals surface area (Å²) in [7, 11) is 0. The molecule has 0 radical (unpaired) electrons. The lowest BCUT2D eigenvalue weighted by Crippen LogP contribution is -2.36. The highest BCUT2D eigenvalue weighted by Gasteiger charge is 2.34. The van der Waals surface area contributed by atoms with Crippen LogP contribution < -0.4 is 5.32 Å². The van der Waals surface area contributed by atoms with E-state index in [0.717, 1.165) is 24.1 Å². The summed E-state index contributed by atoms with van der Waals surface area (Å²) >= 11 is 6.35. The van der Waals surface area contributed by atoms with Crippen molar-refractivity contribution in [1.29, 1.82) is 0 Å². The number of pyridine rings is 1. The third-order valence-electron chi connectivity index (χ3n) is 4.44. The summed E-state index contributed by atoms with van der Waals surface area (Å²) in [6, 6.07) is 9.62. The zero-order valence-corrected chi connectivity index (χ0v) is 14.1. The molecule has 0 fully saturated rings. The number of allylic oxidation sites excluding steroid dienone is 1. The minimum atomic E-state index is -0.547. The Bertz CT molecular complexity index is 922. The van der Waals surface area contributed by atoms with E-state index in [2.05, 4.69) is 15.3 Å². The molecule has 0 bridgehead atoms. The van der Waals surface area contributed by atoms with E-state index in [0.29, 0.717) is 22.9 Å². The van der Waals surface area contributed by atoms with E-state index in [-0.39, 0.29) is 11.5 Å². The van der Waals surface area contributed by atoms with Crippen molar-refractivity contribution in [2.75, 3.05) is 0 Å². The van der Waals surface area contributed by atoms with Crippen molar-refractivity contribution >= 4 is 23.2 Å². The van der Waals surface area contributed by atoms with E-state index >= 15 is 0 Å². The molecule has 2 heterocycles. The number of aliphatic imine (C=N–C) groups is 1. The number of rotatable bonds is 2. The van der Waals surface area contributed by atoms with Crippen LogP contribution in [0.25, 0.3) is 0 Å². The number of ketones is 1. The van der Waals surface area contributed by atoms with E-state index in [9.17, 15) is 9.18 Å². The molecule has 25 heavy (non-hydrogen) atoms. The Hall–Kier alpha value is -2.53. The molecular weight excluding hydrogens is 341 g/mol. The zero-order chi connectivity index (χ0) is 17.4. The average Bonchev–Trinajstić information content (AvgIpc) is 2.62. The number of carbonyl (C=O) groups is 1. The molecule has 1 aromatic heterocycles. The summed E-state index contributed by atoms with van der Waals surface area (Å²) < 4.78 is 14.2.